The highest BCUT2D eigenvalue weighted by atomic mass is 19.2. The molecule has 0 saturated heterocycles. The Balaban J connectivity index is 2.30. The highest BCUT2D eigenvalue weighted by molar-refractivity contribution is 5.96. The Bertz CT molecular complexity index is 682. The second-order valence-electron chi connectivity index (χ2n) is 4.32. The molecule has 1 heterocycles. The van der Waals surface area contributed by atoms with Crippen LogP contribution in [0.2, 0.25) is 0 Å². The summed E-state index contributed by atoms with van der Waals surface area (Å²) in [5.74, 6) is -11.5. The van der Waals surface area contributed by atoms with Crippen LogP contribution < -0.4 is 0 Å². The number of rotatable bonds is 4. The standard InChI is InChI=1S/C13H9F5N2O/c1-20-5-4-19-7(20)3-2-6(21)8-9(14)11(16)13(18)12(17)10(8)15/h4-5H,2-3H2,1H3. The Morgan fingerprint density at radius 3 is 2.05 bits per heavy atom. The van der Waals surface area contributed by atoms with Gasteiger partial charge < -0.3 is 4.57 Å². The van der Waals surface area contributed by atoms with E-state index in [9.17, 15) is 26.7 Å². The molecule has 0 unspecified atom stereocenters. The van der Waals surface area contributed by atoms with E-state index in [1.54, 1.807) is 17.8 Å². The maximum atomic E-state index is 13.4. The van der Waals surface area contributed by atoms with Gasteiger partial charge in [-0.2, -0.15) is 0 Å². The molecule has 0 aliphatic carbocycles. The number of imidazole rings is 1. The van der Waals surface area contributed by atoms with Gasteiger partial charge in [-0.25, -0.2) is 26.9 Å². The molecular weight excluding hydrogens is 295 g/mol. The van der Waals surface area contributed by atoms with Crippen molar-refractivity contribution in [3.63, 3.8) is 0 Å². The van der Waals surface area contributed by atoms with Gasteiger partial charge >= 0.3 is 0 Å². The molecular formula is C13H9F5N2O. The van der Waals surface area contributed by atoms with E-state index in [2.05, 4.69) is 4.98 Å². The Hall–Kier alpha value is -2.25. The van der Waals surface area contributed by atoms with Crippen molar-refractivity contribution in [2.45, 2.75) is 12.8 Å². The lowest BCUT2D eigenvalue weighted by molar-refractivity contribution is 0.0970. The number of carbonyl (C=O) groups excluding carboxylic acids is 1. The summed E-state index contributed by atoms with van der Waals surface area (Å²) in [5.41, 5.74) is -1.42. The third kappa shape index (κ3) is 2.65. The van der Waals surface area contributed by atoms with Crippen molar-refractivity contribution in [1.29, 1.82) is 0 Å². The molecule has 0 aliphatic rings. The van der Waals surface area contributed by atoms with E-state index in [1.807, 2.05) is 0 Å². The molecule has 2 rings (SSSR count). The Labute approximate surface area is 116 Å². The molecule has 0 saturated carbocycles. The van der Waals surface area contributed by atoms with Crippen molar-refractivity contribution in [1.82, 2.24) is 9.55 Å². The number of carbonyl (C=O) groups is 1. The number of benzene rings is 1. The smallest absolute Gasteiger partial charge is 0.200 e. The van der Waals surface area contributed by atoms with Crippen LogP contribution in [-0.2, 0) is 13.5 Å². The fourth-order valence-corrected chi connectivity index (χ4v) is 1.84. The first-order valence-corrected chi connectivity index (χ1v) is 5.85. The van der Waals surface area contributed by atoms with E-state index >= 15 is 0 Å². The van der Waals surface area contributed by atoms with Gasteiger partial charge in [0.25, 0.3) is 0 Å². The topological polar surface area (TPSA) is 34.9 Å². The second-order valence-corrected chi connectivity index (χ2v) is 4.32. The normalized spacial score (nSPS) is 11.0. The van der Waals surface area contributed by atoms with E-state index in [0.717, 1.165) is 0 Å². The molecule has 0 amide bonds. The molecule has 21 heavy (non-hydrogen) atoms. The maximum Gasteiger partial charge on any atom is 0.200 e. The number of hydrogen-bond donors (Lipinski definition) is 0. The van der Waals surface area contributed by atoms with Crippen LogP contribution in [0.1, 0.15) is 22.6 Å². The van der Waals surface area contributed by atoms with Gasteiger partial charge in [0.1, 0.15) is 5.82 Å². The quantitative estimate of drug-likeness (QED) is 0.377. The van der Waals surface area contributed by atoms with Crippen molar-refractivity contribution in [2.24, 2.45) is 7.05 Å². The average molecular weight is 304 g/mol. The van der Waals surface area contributed by atoms with Gasteiger partial charge in [0.15, 0.2) is 29.1 Å². The zero-order valence-electron chi connectivity index (χ0n) is 10.8. The van der Waals surface area contributed by atoms with Gasteiger partial charge in [0.2, 0.25) is 5.82 Å². The Kier molecular flexibility index (Phi) is 4.06. The molecule has 0 atom stereocenters. The second kappa shape index (κ2) is 5.63. The Morgan fingerprint density at radius 1 is 1.05 bits per heavy atom. The minimum absolute atomic E-state index is 0.0157. The lowest BCUT2D eigenvalue weighted by Gasteiger charge is -2.07. The molecule has 0 N–H and O–H groups in total. The van der Waals surface area contributed by atoms with E-state index in [0.29, 0.717) is 5.82 Å². The van der Waals surface area contributed by atoms with Gasteiger partial charge in [0, 0.05) is 32.3 Å². The number of halogens is 5. The first-order valence-electron chi connectivity index (χ1n) is 5.85. The van der Waals surface area contributed by atoms with Gasteiger partial charge in [-0.3, -0.25) is 4.79 Å². The number of hydrogen-bond acceptors (Lipinski definition) is 2. The van der Waals surface area contributed by atoms with E-state index in [4.69, 9.17) is 0 Å². The van der Waals surface area contributed by atoms with Gasteiger partial charge in [0.05, 0.1) is 5.56 Å². The summed E-state index contributed by atoms with van der Waals surface area (Å²) >= 11 is 0. The zero-order chi connectivity index (χ0) is 15.7. The molecule has 8 heteroatoms. The van der Waals surface area contributed by atoms with E-state index in [1.165, 1.54) is 6.20 Å². The molecule has 0 bridgehead atoms. The van der Waals surface area contributed by atoms with Crippen LogP contribution in [0, 0.1) is 29.1 Å². The predicted molar refractivity (Wildman–Crippen MR) is 62.1 cm³/mol. The van der Waals surface area contributed by atoms with Crippen molar-refractivity contribution >= 4 is 5.78 Å². The Morgan fingerprint density at radius 2 is 1.57 bits per heavy atom. The van der Waals surface area contributed by atoms with E-state index in [-0.39, 0.29) is 6.42 Å². The maximum absolute atomic E-state index is 13.4. The molecule has 3 nitrogen and oxygen atoms in total. The molecule has 0 aliphatic heterocycles. The van der Waals surface area contributed by atoms with Crippen molar-refractivity contribution in [2.75, 3.05) is 0 Å². The third-order valence-corrected chi connectivity index (χ3v) is 2.99. The van der Waals surface area contributed by atoms with Crippen LogP contribution in [0.5, 0.6) is 0 Å². The summed E-state index contributed by atoms with van der Waals surface area (Å²) in [6.07, 6.45) is 2.64. The van der Waals surface area contributed by atoms with Gasteiger partial charge in [-0.05, 0) is 0 Å². The van der Waals surface area contributed by atoms with Crippen LogP contribution in [0.15, 0.2) is 12.4 Å². The average Bonchev–Trinajstić information content (AvgIpc) is 2.86. The highest BCUT2D eigenvalue weighted by Gasteiger charge is 2.29. The van der Waals surface area contributed by atoms with Gasteiger partial charge in [-0.15, -0.1) is 0 Å². The molecule has 1 aromatic heterocycles. The number of ketones is 1. The highest BCUT2D eigenvalue weighted by Crippen LogP contribution is 2.24. The third-order valence-electron chi connectivity index (χ3n) is 2.99. The van der Waals surface area contributed by atoms with Crippen LogP contribution >= 0.6 is 0 Å². The van der Waals surface area contributed by atoms with Crippen molar-refractivity contribution < 1.29 is 26.7 Å². The van der Waals surface area contributed by atoms with Crippen LogP contribution in [0.3, 0.4) is 0 Å². The minimum Gasteiger partial charge on any atom is -0.338 e. The molecule has 0 spiro atoms. The molecule has 112 valence electrons. The van der Waals surface area contributed by atoms with Crippen LogP contribution in [-0.4, -0.2) is 15.3 Å². The predicted octanol–water partition coefficient (Wildman–Crippen LogP) is 2.93. The number of nitrogens with zero attached hydrogens (tertiary/aromatic N) is 2. The molecule has 0 fully saturated rings. The minimum atomic E-state index is -2.29. The first kappa shape index (κ1) is 15.1. The fourth-order valence-electron chi connectivity index (χ4n) is 1.84. The number of aryl methyl sites for hydroxylation is 2. The van der Waals surface area contributed by atoms with Crippen LogP contribution in [0.25, 0.3) is 0 Å². The summed E-state index contributed by atoms with van der Waals surface area (Å²) in [5, 5.41) is 0. The summed E-state index contributed by atoms with van der Waals surface area (Å²) in [6, 6.07) is 0. The molecule has 0 radical (unpaired) electrons. The molecule has 1 aromatic carbocycles. The summed E-state index contributed by atoms with van der Waals surface area (Å²) < 4.78 is 67.3. The van der Waals surface area contributed by atoms with Crippen molar-refractivity contribution in [3.8, 4) is 0 Å². The van der Waals surface area contributed by atoms with E-state index < -0.39 is 46.9 Å². The fraction of sp³-hybridized carbons (Fsp3) is 0.231. The van der Waals surface area contributed by atoms with Crippen LogP contribution in [0.4, 0.5) is 22.0 Å². The largest absolute Gasteiger partial charge is 0.338 e. The number of aromatic nitrogens is 2. The van der Waals surface area contributed by atoms with Crippen molar-refractivity contribution in [3.05, 3.63) is 52.9 Å². The zero-order valence-corrected chi connectivity index (χ0v) is 10.8. The monoisotopic (exact) mass is 304 g/mol. The lowest BCUT2D eigenvalue weighted by Crippen LogP contribution is -2.14. The summed E-state index contributed by atoms with van der Waals surface area (Å²) in [4.78, 5) is 15.6. The number of Topliss-reactive ketones (excluding diaryl/α,β-unsaturated/α-hetero) is 1. The summed E-state index contributed by atoms with van der Waals surface area (Å²) in [6.45, 7) is 0. The summed E-state index contributed by atoms with van der Waals surface area (Å²) in [7, 11) is 1.64. The first-order chi connectivity index (χ1) is 9.84. The molecule has 2 aromatic rings. The SMILES string of the molecule is Cn1ccnc1CCC(=O)c1c(F)c(F)c(F)c(F)c1F. The lowest BCUT2D eigenvalue weighted by atomic mass is 10.0. The van der Waals surface area contributed by atoms with Gasteiger partial charge in [-0.1, -0.05) is 0 Å².